The van der Waals surface area contributed by atoms with E-state index in [0.717, 1.165) is 41.7 Å². The Morgan fingerprint density at radius 1 is 0.519 bits per heavy atom. The molecule has 3 unspecified atom stereocenters. The zero-order valence-corrected chi connectivity index (χ0v) is 34.0. The van der Waals surface area contributed by atoms with Gasteiger partial charge in [0.25, 0.3) is 0 Å². The summed E-state index contributed by atoms with van der Waals surface area (Å²) in [7, 11) is 0. The summed E-state index contributed by atoms with van der Waals surface area (Å²) < 4.78 is 18.2. The van der Waals surface area contributed by atoms with E-state index in [1.165, 1.54) is 17.5 Å². The third-order valence-corrected chi connectivity index (χ3v) is 10.9. The van der Waals surface area contributed by atoms with Crippen LogP contribution in [0, 0.1) is 17.8 Å². The van der Waals surface area contributed by atoms with Crippen LogP contribution in [0.25, 0.3) is 0 Å². The van der Waals surface area contributed by atoms with E-state index in [-0.39, 0.29) is 23.2 Å². The van der Waals surface area contributed by atoms with E-state index < -0.39 is 11.7 Å². The summed E-state index contributed by atoms with van der Waals surface area (Å²) in [6.07, 6.45) is 1.56. The van der Waals surface area contributed by atoms with Gasteiger partial charge in [-0.2, -0.15) is 0 Å². The van der Waals surface area contributed by atoms with Gasteiger partial charge in [0, 0.05) is 10.8 Å². The highest BCUT2D eigenvalue weighted by molar-refractivity contribution is 5.43. The number of ether oxygens (including phenoxy) is 3. The third kappa shape index (κ3) is 11.8. The van der Waals surface area contributed by atoms with Crippen LogP contribution >= 0.6 is 0 Å². The average Bonchev–Trinajstić information content (AvgIpc) is 3.13. The normalized spacial score (nSPS) is 13.8. The summed E-state index contributed by atoms with van der Waals surface area (Å²) in [4.78, 5) is 0. The maximum absolute atomic E-state index is 11.0. The fourth-order valence-corrected chi connectivity index (χ4v) is 5.66. The van der Waals surface area contributed by atoms with Crippen LogP contribution in [0.15, 0.2) is 97.1 Å². The molecule has 3 atom stereocenters. The number of rotatable bonds is 16. The minimum atomic E-state index is -0.872. The summed E-state index contributed by atoms with van der Waals surface area (Å²) in [5.41, 5.74) is 3.29. The lowest BCUT2D eigenvalue weighted by atomic mass is 9.78. The smallest absolute Gasteiger partial charge is 0.132 e. The molecule has 5 nitrogen and oxygen atoms in total. The molecule has 2 N–H and O–H groups in total. The number of phenols is 1. The maximum atomic E-state index is 11.0. The highest BCUT2D eigenvalue weighted by Gasteiger charge is 2.31. The topological polar surface area (TPSA) is 68.2 Å². The fourth-order valence-electron chi connectivity index (χ4n) is 5.66. The first kappa shape index (κ1) is 42.5. The minimum absolute atomic E-state index is 0.0931. The van der Waals surface area contributed by atoms with Gasteiger partial charge in [0.1, 0.15) is 41.3 Å². The number of aliphatic hydroxyl groups is 1. The first-order valence-electron chi connectivity index (χ1n) is 19.1. The molecule has 0 aromatic heterocycles. The maximum Gasteiger partial charge on any atom is 0.132 e. The molecule has 4 rings (SSSR count). The van der Waals surface area contributed by atoms with Crippen LogP contribution in [-0.2, 0) is 10.8 Å². The van der Waals surface area contributed by atoms with Crippen LogP contribution in [-0.4, -0.2) is 35.1 Å². The van der Waals surface area contributed by atoms with Crippen molar-refractivity contribution in [3.8, 4) is 23.0 Å². The van der Waals surface area contributed by atoms with Crippen molar-refractivity contribution in [2.75, 3.05) is 13.2 Å². The Balaban J connectivity index is 0.000000944. The molecule has 0 saturated carbocycles. The molecule has 284 valence electrons. The van der Waals surface area contributed by atoms with Gasteiger partial charge in [-0.15, -0.1) is 0 Å². The molecule has 52 heavy (non-hydrogen) atoms. The molecular formula is C47H66O5. The Morgan fingerprint density at radius 3 is 1.23 bits per heavy atom. The lowest BCUT2D eigenvalue weighted by Crippen LogP contribution is -2.45. The van der Waals surface area contributed by atoms with E-state index in [4.69, 9.17) is 14.2 Å². The second-order valence-electron chi connectivity index (χ2n) is 16.4. The quantitative estimate of drug-likeness (QED) is 0.121. The zero-order valence-electron chi connectivity index (χ0n) is 34.0. The second kappa shape index (κ2) is 18.7. The molecule has 0 saturated heterocycles. The summed E-state index contributed by atoms with van der Waals surface area (Å²) in [6, 6.07) is 31.7. The summed E-state index contributed by atoms with van der Waals surface area (Å²) in [5, 5.41) is 20.7. The monoisotopic (exact) mass is 710 g/mol. The van der Waals surface area contributed by atoms with Gasteiger partial charge < -0.3 is 24.4 Å². The molecular weight excluding hydrogens is 645 g/mol. The van der Waals surface area contributed by atoms with Gasteiger partial charge in [-0.05, 0) is 102 Å². The van der Waals surface area contributed by atoms with Crippen molar-refractivity contribution in [1.82, 2.24) is 0 Å². The second-order valence-corrected chi connectivity index (χ2v) is 16.4. The van der Waals surface area contributed by atoms with Crippen molar-refractivity contribution in [2.45, 2.75) is 118 Å². The molecule has 4 aromatic carbocycles. The van der Waals surface area contributed by atoms with Gasteiger partial charge in [0.05, 0.1) is 6.61 Å². The fraction of sp³-hybridized carbons (Fsp3) is 0.489. The Hall–Kier alpha value is -3.96. The predicted octanol–water partition coefficient (Wildman–Crippen LogP) is 11.8. The van der Waals surface area contributed by atoms with Crippen molar-refractivity contribution in [1.29, 1.82) is 0 Å². The molecule has 0 radical (unpaired) electrons. The molecule has 0 amide bonds. The molecule has 0 bridgehead atoms. The van der Waals surface area contributed by atoms with Crippen molar-refractivity contribution in [2.24, 2.45) is 17.8 Å². The third-order valence-electron chi connectivity index (χ3n) is 10.9. The van der Waals surface area contributed by atoms with Crippen LogP contribution in [0.2, 0.25) is 0 Å². The van der Waals surface area contributed by atoms with Gasteiger partial charge in [0.15, 0.2) is 0 Å². The van der Waals surface area contributed by atoms with Crippen LogP contribution < -0.4 is 14.2 Å². The number of hydrogen-bond acceptors (Lipinski definition) is 5. The molecule has 0 fully saturated rings. The van der Waals surface area contributed by atoms with Gasteiger partial charge in [-0.3, -0.25) is 0 Å². The molecule has 0 aliphatic rings. The largest absolute Gasteiger partial charge is 0.508 e. The zero-order chi connectivity index (χ0) is 38.7. The van der Waals surface area contributed by atoms with Crippen molar-refractivity contribution < 1.29 is 24.4 Å². The molecule has 0 aliphatic heterocycles. The molecule has 0 spiro atoms. The van der Waals surface area contributed by atoms with E-state index in [1.807, 2.05) is 62.4 Å². The molecule has 5 heteroatoms. The van der Waals surface area contributed by atoms with Crippen LogP contribution in [0.3, 0.4) is 0 Å². The molecule has 4 aromatic rings. The van der Waals surface area contributed by atoms with Crippen LogP contribution in [0.5, 0.6) is 23.0 Å². The van der Waals surface area contributed by atoms with Gasteiger partial charge in [-0.1, -0.05) is 131 Å². The Labute approximate surface area is 315 Å². The number of hydrogen-bond donors (Lipinski definition) is 2. The number of benzene rings is 4. The Morgan fingerprint density at radius 2 is 0.885 bits per heavy atom. The van der Waals surface area contributed by atoms with E-state index in [2.05, 4.69) is 106 Å². The summed E-state index contributed by atoms with van der Waals surface area (Å²) in [5.74, 6) is 4.82. The summed E-state index contributed by atoms with van der Waals surface area (Å²) in [6.45, 7) is 26.7. The number of aliphatic hydroxyl groups excluding tert-OH is 1. The van der Waals surface area contributed by atoms with Crippen LogP contribution in [0.4, 0.5) is 0 Å². The lowest BCUT2D eigenvalue weighted by Gasteiger charge is -2.32. The highest BCUT2D eigenvalue weighted by atomic mass is 16.5. The van der Waals surface area contributed by atoms with Crippen LogP contribution in [0.1, 0.15) is 118 Å². The molecule has 0 heterocycles. The minimum Gasteiger partial charge on any atom is -0.508 e. The standard InChI is InChI=1S/C40H50O5.C7H16/c1-9-28(2)26-43-34-20-12-31(13-21-34)39(5,6)32-16-24-36(25-17-32)45-40(7,8)37(42)27-44-35-22-14-30(15-23-35)38(3,4)29-10-18-33(41)19-11-29;1-5-7(4)6(2)3/h10-25,28,37,41-42H,9,26-27H2,1-8H3;6-7H,5H2,1-4H3. The molecule has 0 aliphatic carbocycles. The number of aromatic hydroxyl groups is 1. The average molecular weight is 711 g/mol. The lowest BCUT2D eigenvalue weighted by molar-refractivity contribution is -0.0492. The van der Waals surface area contributed by atoms with E-state index >= 15 is 0 Å². The Bertz CT molecular complexity index is 1600. The number of phenolic OH excluding ortho intramolecular Hbond substituents is 1. The predicted molar refractivity (Wildman–Crippen MR) is 217 cm³/mol. The van der Waals surface area contributed by atoms with Gasteiger partial charge in [-0.25, -0.2) is 0 Å². The van der Waals surface area contributed by atoms with E-state index in [1.54, 1.807) is 12.1 Å². The van der Waals surface area contributed by atoms with Crippen molar-refractivity contribution >= 4 is 0 Å². The SMILES string of the molecule is CCC(C)C(C)C.CCC(C)COc1ccc(C(C)(C)c2ccc(OC(C)(C)C(O)COc3ccc(C(C)(C)c4ccc(O)cc4)cc3)cc2)cc1. The summed E-state index contributed by atoms with van der Waals surface area (Å²) >= 11 is 0. The van der Waals surface area contributed by atoms with Gasteiger partial charge >= 0.3 is 0 Å². The highest BCUT2D eigenvalue weighted by Crippen LogP contribution is 2.35. The van der Waals surface area contributed by atoms with Crippen molar-refractivity contribution in [3.05, 3.63) is 119 Å². The first-order chi connectivity index (χ1) is 24.4. The van der Waals surface area contributed by atoms with E-state index in [0.29, 0.717) is 17.4 Å². The van der Waals surface area contributed by atoms with Gasteiger partial charge in [0.2, 0.25) is 0 Å². The van der Waals surface area contributed by atoms with E-state index in [9.17, 15) is 10.2 Å². The Kier molecular flexibility index (Phi) is 15.3. The first-order valence-corrected chi connectivity index (χ1v) is 19.1. The van der Waals surface area contributed by atoms with Crippen molar-refractivity contribution in [3.63, 3.8) is 0 Å².